The van der Waals surface area contributed by atoms with Gasteiger partial charge in [-0.2, -0.15) is 0 Å². The van der Waals surface area contributed by atoms with E-state index in [-0.39, 0.29) is 0 Å². The van der Waals surface area contributed by atoms with E-state index < -0.39 is 0 Å². The highest BCUT2D eigenvalue weighted by Crippen LogP contribution is 2.46. The Labute approximate surface area is 353 Å². The molecule has 0 atom stereocenters. The predicted molar refractivity (Wildman–Crippen MR) is 255 cm³/mol. The average molecular weight is 780 g/mol. The minimum atomic E-state index is 0.892. The van der Waals surface area contributed by atoms with Crippen LogP contribution in [0.2, 0.25) is 0 Å². The van der Waals surface area contributed by atoms with Gasteiger partial charge in [-0.25, -0.2) is 0 Å². The topological polar surface area (TPSA) is 29.5 Å². The van der Waals surface area contributed by atoms with Gasteiger partial charge in [0, 0.05) is 38.5 Å². The zero-order chi connectivity index (χ0) is 40.3. The monoisotopic (exact) mass is 779 g/mol. The molecule has 0 N–H and O–H groups in total. The molecule has 12 rings (SSSR count). The van der Waals surface area contributed by atoms with Crippen molar-refractivity contribution in [3.05, 3.63) is 224 Å². The second-order valence-electron chi connectivity index (χ2n) is 15.6. The molecule has 3 nitrogen and oxygen atoms in total. The van der Waals surface area contributed by atoms with Gasteiger partial charge in [-0.1, -0.05) is 164 Å². The van der Waals surface area contributed by atoms with Crippen molar-refractivity contribution >= 4 is 71.7 Å². The van der Waals surface area contributed by atoms with Gasteiger partial charge in [0.1, 0.15) is 22.3 Å². The van der Waals surface area contributed by atoms with Gasteiger partial charge in [0.05, 0.1) is 5.69 Å². The Balaban J connectivity index is 1.02. The maximum atomic E-state index is 6.28. The smallest absolute Gasteiger partial charge is 0.136 e. The number of anilines is 3. The summed E-state index contributed by atoms with van der Waals surface area (Å²) in [5.74, 6) is 0. The predicted octanol–water partition coefficient (Wildman–Crippen LogP) is 16.8. The first-order valence-corrected chi connectivity index (χ1v) is 20.7. The Hall–Kier alpha value is -8.14. The lowest BCUT2D eigenvalue weighted by atomic mass is 9.90. The quantitative estimate of drug-likeness (QED) is 0.161. The molecule has 0 bridgehead atoms. The van der Waals surface area contributed by atoms with Gasteiger partial charge in [0.15, 0.2) is 0 Å². The zero-order valence-corrected chi connectivity index (χ0v) is 33.1. The van der Waals surface area contributed by atoms with Gasteiger partial charge >= 0.3 is 0 Å². The van der Waals surface area contributed by atoms with E-state index in [1.54, 1.807) is 0 Å². The molecule has 10 aromatic carbocycles. The van der Waals surface area contributed by atoms with Gasteiger partial charge in [-0.15, -0.1) is 0 Å². The van der Waals surface area contributed by atoms with Crippen molar-refractivity contribution in [2.24, 2.45) is 0 Å². The minimum absolute atomic E-state index is 0.892. The largest absolute Gasteiger partial charge is 0.456 e. The van der Waals surface area contributed by atoms with E-state index in [0.29, 0.717) is 0 Å². The fourth-order valence-corrected chi connectivity index (χ4v) is 9.26. The molecule has 2 aromatic heterocycles. The number of hydrogen-bond donors (Lipinski definition) is 0. The third kappa shape index (κ3) is 5.90. The number of benzene rings is 10. The number of rotatable bonds is 7. The van der Waals surface area contributed by atoms with Crippen LogP contribution in [0.4, 0.5) is 17.1 Å². The Bertz CT molecular complexity index is 3570. The number of furan rings is 2. The van der Waals surface area contributed by atoms with Crippen molar-refractivity contribution in [1.82, 2.24) is 0 Å². The van der Waals surface area contributed by atoms with E-state index in [2.05, 4.69) is 205 Å². The highest BCUT2D eigenvalue weighted by atomic mass is 16.3. The molecule has 0 aliphatic rings. The Morgan fingerprint density at radius 2 is 0.787 bits per heavy atom. The normalized spacial score (nSPS) is 11.6. The summed E-state index contributed by atoms with van der Waals surface area (Å²) in [6.45, 7) is 0. The number of para-hydroxylation sites is 3. The van der Waals surface area contributed by atoms with Crippen molar-refractivity contribution in [3.63, 3.8) is 0 Å². The van der Waals surface area contributed by atoms with Crippen molar-refractivity contribution in [2.75, 3.05) is 4.90 Å². The summed E-state index contributed by atoms with van der Waals surface area (Å²) in [5.41, 5.74) is 16.1. The molecule has 0 saturated carbocycles. The fraction of sp³-hybridized carbons (Fsp3) is 0. The molecule has 0 spiro atoms. The molecular formula is C58H37NO2. The van der Waals surface area contributed by atoms with E-state index in [0.717, 1.165) is 88.8 Å². The van der Waals surface area contributed by atoms with Crippen molar-refractivity contribution < 1.29 is 8.83 Å². The Morgan fingerprint density at radius 3 is 1.56 bits per heavy atom. The van der Waals surface area contributed by atoms with Crippen molar-refractivity contribution in [2.45, 2.75) is 0 Å². The first kappa shape index (κ1) is 34.9. The van der Waals surface area contributed by atoms with Crippen molar-refractivity contribution in [1.29, 1.82) is 0 Å². The van der Waals surface area contributed by atoms with E-state index in [9.17, 15) is 0 Å². The lowest BCUT2D eigenvalue weighted by molar-refractivity contribution is 0.668. The summed E-state index contributed by atoms with van der Waals surface area (Å²) >= 11 is 0. The average Bonchev–Trinajstić information content (AvgIpc) is 3.91. The summed E-state index contributed by atoms with van der Waals surface area (Å²) in [4.78, 5) is 2.40. The molecule has 0 saturated heterocycles. The van der Waals surface area contributed by atoms with E-state index in [4.69, 9.17) is 8.83 Å². The van der Waals surface area contributed by atoms with Crippen LogP contribution in [0.3, 0.4) is 0 Å². The second kappa shape index (κ2) is 14.3. The molecule has 0 amide bonds. The molecule has 0 fully saturated rings. The maximum Gasteiger partial charge on any atom is 0.136 e. The van der Waals surface area contributed by atoms with Gasteiger partial charge in [0.2, 0.25) is 0 Å². The Morgan fingerprint density at radius 1 is 0.279 bits per heavy atom. The highest BCUT2D eigenvalue weighted by molar-refractivity contribution is 6.13. The molecular weight excluding hydrogens is 743 g/mol. The van der Waals surface area contributed by atoms with Crippen LogP contribution < -0.4 is 4.90 Å². The lowest BCUT2D eigenvalue weighted by Crippen LogP contribution is -2.11. The van der Waals surface area contributed by atoms with E-state index >= 15 is 0 Å². The first-order valence-electron chi connectivity index (χ1n) is 20.7. The van der Waals surface area contributed by atoms with Gasteiger partial charge in [-0.3, -0.25) is 0 Å². The third-order valence-electron chi connectivity index (χ3n) is 12.1. The minimum Gasteiger partial charge on any atom is -0.456 e. The van der Waals surface area contributed by atoms with Crippen LogP contribution >= 0.6 is 0 Å². The van der Waals surface area contributed by atoms with E-state index in [1.165, 1.54) is 27.5 Å². The van der Waals surface area contributed by atoms with Gasteiger partial charge in [-0.05, 0) is 110 Å². The molecule has 0 aliphatic carbocycles. The summed E-state index contributed by atoms with van der Waals surface area (Å²) in [6, 6.07) is 80.1. The molecule has 0 aliphatic heterocycles. The molecule has 286 valence electrons. The standard InChI is InChI=1S/C58H37NO2/c1-2-13-39(14-3-1)45-20-10-15-41-16-11-22-49(57(41)45)47-17-4-7-23-52(47)59(43-32-27-38(28-33-43)42-31-36-55-51(37-42)48-18-5-8-24-53(48)60-55)44-34-29-40(30-35-44)46-21-12-26-56-58(46)50-19-6-9-25-54(50)61-56/h1-37H. The SMILES string of the molecule is c1ccc(-c2cccc3cccc(-c4ccccc4N(c4ccc(-c5ccc6oc7ccccc7c6c5)cc4)c4ccc(-c5cccc6oc7ccccc7c56)cc4)c23)cc1. The fourth-order valence-electron chi connectivity index (χ4n) is 9.26. The van der Waals surface area contributed by atoms with Crippen molar-refractivity contribution in [3.8, 4) is 44.5 Å². The summed E-state index contributed by atoms with van der Waals surface area (Å²) in [5, 5.41) is 6.95. The van der Waals surface area contributed by atoms with Crippen LogP contribution in [0, 0.1) is 0 Å². The van der Waals surface area contributed by atoms with Crippen LogP contribution in [0.15, 0.2) is 233 Å². The number of nitrogens with zero attached hydrogens (tertiary/aromatic N) is 1. The number of fused-ring (bicyclic) bond motifs is 7. The second-order valence-corrected chi connectivity index (χ2v) is 15.6. The highest BCUT2D eigenvalue weighted by Gasteiger charge is 2.21. The Kier molecular flexibility index (Phi) is 8.17. The molecule has 61 heavy (non-hydrogen) atoms. The van der Waals surface area contributed by atoms with Gasteiger partial charge in [0.25, 0.3) is 0 Å². The maximum absolute atomic E-state index is 6.28. The zero-order valence-electron chi connectivity index (χ0n) is 33.1. The first-order chi connectivity index (χ1) is 30.2. The van der Waals surface area contributed by atoms with Crippen LogP contribution in [0.1, 0.15) is 0 Å². The molecule has 3 heteroatoms. The van der Waals surface area contributed by atoms with Crippen LogP contribution in [0.25, 0.3) is 99.2 Å². The molecule has 2 heterocycles. The number of hydrogen-bond acceptors (Lipinski definition) is 3. The van der Waals surface area contributed by atoms with Crippen LogP contribution in [-0.2, 0) is 0 Å². The van der Waals surface area contributed by atoms with Gasteiger partial charge < -0.3 is 13.7 Å². The van der Waals surface area contributed by atoms with E-state index in [1.807, 2.05) is 24.3 Å². The van der Waals surface area contributed by atoms with Crippen LogP contribution in [-0.4, -0.2) is 0 Å². The third-order valence-corrected chi connectivity index (χ3v) is 12.1. The molecule has 12 aromatic rings. The lowest BCUT2D eigenvalue weighted by Gasteiger charge is -2.29. The summed E-state index contributed by atoms with van der Waals surface area (Å²) in [6.07, 6.45) is 0. The molecule has 0 unspecified atom stereocenters. The molecule has 0 radical (unpaired) electrons. The summed E-state index contributed by atoms with van der Waals surface area (Å²) in [7, 11) is 0. The summed E-state index contributed by atoms with van der Waals surface area (Å²) < 4.78 is 12.4. The van der Waals surface area contributed by atoms with Crippen LogP contribution in [0.5, 0.6) is 0 Å².